The molecule has 0 saturated carbocycles. The first-order valence-corrected chi connectivity index (χ1v) is 10.0. The van der Waals surface area contributed by atoms with Gasteiger partial charge in [0.1, 0.15) is 11.3 Å². The lowest BCUT2D eigenvalue weighted by atomic mass is 10.1. The van der Waals surface area contributed by atoms with Crippen LogP contribution >= 0.6 is 0 Å². The topological polar surface area (TPSA) is 37.4 Å². The molecule has 0 saturated heterocycles. The van der Waals surface area contributed by atoms with Gasteiger partial charge in [-0.25, -0.2) is 4.98 Å². The smallest absolute Gasteiger partial charge is 0.145 e. The minimum Gasteiger partial charge on any atom is -0.494 e. The molecule has 0 spiro atoms. The van der Waals surface area contributed by atoms with Crippen molar-refractivity contribution in [3.8, 4) is 5.75 Å². The molecule has 4 nitrogen and oxygen atoms in total. The van der Waals surface area contributed by atoms with Crippen LogP contribution in [0.1, 0.15) is 33.6 Å². The zero-order chi connectivity index (χ0) is 19.2. The summed E-state index contributed by atoms with van der Waals surface area (Å²) in [7, 11) is 1.70. The third-order valence-corrected chi connectivity index (χ3v) is 5.29. The molecule has 0 radical (unpaired) electrons. The lowest BCUT2D eigenvalue weighted by Gasteiger charge is -2.22. The number of nitrogens with zero attached hydrogens (tertiary/aromatic N) is 2. The van der Waals surface area contributed by atoms with Crippen molar-refractivity contribution in [2.75, 3.05) is 32.1 Å². The Bertz CT molecular complexity index is 889. The van der Waals surface area contributed by atoms with Crippen LogP contribution in [0.5, 0.6) is 5.75 Å². The van der Waals surface area contributed by atoms with Crippen LogP contribution in [-0.4, -0.2) is 42.7 Å². The summed E-state index contributed by atoms with van der Waals surface area (Å²) in [5.74, 6) is 0.815. The summed E-state index contributed by atoms with van der Waals surface area (Å²) in [6.45, 7) is 10.1. The molecule has 1 unspecified atom stereocenters. The second-order valence-electron chi connectivity index (χ2n) is 7.07. The number of benzene rings is 2. The summed E-state index contributed by atoms with van der Waals surface area (Å²) in [4.78, 5) is 7.33. The van der Waals surface area contributed by atoms with E-state index < -0.39 is 0 Å². The Kier molecular flexibility index (Phi) is 6.51. The van der Waals surface area contributed by atoms with Crippen LogP contribution in [-0.2, 0) is 0 Å². The first-order valence-electron chi connectivity index (χ1n) is 10.0. The van der Waals surface area contributed by atoms with Crippen molar-refractivity contribution in [1.29, 1.82) is 0 Å². The maximum atomic E-state index is 5.56. The van der Waals surface area contributed by atoms with Crippen molar-refractivity contribution < 1.29 is 4.74 Å². The van der Waals surface area contributed by atoms with Gasteiger partial charge in [-0.2, -0.15) is 0 Å². The van der Waals surface area contributed by atoms with Gasteiger partial charge in [0.15, 0.2) is 0 Å². The Balaban J connectivity index is 1.89. The number of pyridine rings is 1. The lowest BCUT2D eigenvalue weighted by Crippen LogP contribution is -2.25. The van der Waals surface area contributed by atoms with Crippen LogP contribution in [0.25, 0.3) is 21.8 Å². The van der Waals surface area contributed by atoms with Gasteiger partial charge in [-0.1, -0.05) is 44.2 Å². The standard InChI is InChI=1S/C23H31N3O/c1-5-26(6-2)16-10-11-17(3)24-22-18-12-7-8-14-20(18)25-23-19(22)13-9-15-21(23)27-4/h7-9,12-15,17H,5-6,10-11,16H2,1-4H3,(H,24,25). The Morgan fingerprint density at radius 1 is 1.04 bits per heavy atom. The fourth-order valence-corrected chi connectivity index (χ4v) is 3.69. The monoisotopic (exact) mass is 365 g/mol. The first kappa shape index (κ1) is 19.4. The zero-order valence-electron chi connectivity index (χ0n) is 17.0. The van der Waals surface area contributed by atoms with Gasteiger partial charge in [-0.15, -0.1) is 0 Å². The number of anilines is 1. The molecule has 1 aromatic heterocycles. The molecule has 3 aromatic rings. The first-order chi connectivity index (χ1) is 13.2. The van der Waals surface area contributed by atoms with Crippen molar-refractivity contribution >= 4 is 27.5 Å². The van der Waals surface area contributed by atoms with Gasteiger partial charge >= 0.3 is 0 Å². The third-order valence-electron chi connectivity index (χ3n) is 5.29. The van der Waals surface area contributed by atoms with Gasteiger partial charge < -0.3 is 15.0 Å². The van der Waals surface area contributed by atoms with E-state index in [1.165, 1.54) is 6.42 Å². The summed E-state index contributed by atoms with van der Waals surface area (Å²) in [6.07, 6.45) is 2.33. The van der Waals surface area contributed by atoms with E-state index in [1.54, 1.807) is 7.11 Å². The highest BCUT2D eigenvalue weighted by molar-refractivity contribution is 6.09. The highest BCUT2D eigenvalue weighted by Gasteiger charge is 2.14. The van der Waals surface area contributed by atoms with Crippen molar-refractivity contribution in [3.05, 3.63) is 42.5 Å². The van der Waals surface area contributed by atoms with E-state index in [4.69, 9.17) is 9.72 Å². The van der Waals surface area contributed by atoms with E-state index in [1.807, 2.05) is 18.2 Å². The molecule has 1 N–H and O–H groups in total. The van der Waals surface area contributed by atoms with Crippen LogP contribution in [0.15, 0.2) is 42.5 Å². The van der Waals surface area contributed by atoms with Crippen LogP contribution in [0.2, 0.25) is 0 Å². The molecular weight excluding hydrogens is 334 g/mol. The van der Waals surface area contributed by atoms with E-state index in [0.29, 0.717) is 6.04 Å². The molecular formula is C23H31N3O. The average molecular weight is 366 g/mol. The van der Waals surface area contributed by atoms with Gasteiger partial charge in [0.2, 0.25) is 0 Å². The predicted molar refractivity (Wildman–Crippen MR) is 116 cm³/mol. The summed E-state index contributed by atoms with van der Waals surface area (Å²) >= 11 is 0. The van der Waals surface area contributed by atoms with Gasteiger partial charge in [0.05, 0.1) is 18.3 Å². The quantitative estimate of drug-likeness (QED) is 0.521. The molecule has 0 fully saturated rings. The fourth-order valence-electron chi connectivity index (χ4n) is 3.69. The Hall–Kier alpha value is -2.33. The normalized spacial score (nSPS) is 12.6. The Morgan fingerprint density at radius 2 is 1.78 bits per heavy atom. The summed E-state index contributed by atoms with van der Waals surface area (Å²) < 4.78 is 5.56. The summed E-state index contributed by atoms with van der Waals surface area (Å²) in [6, 6.07) is 14.8. The van der Waals surface area contributed by atoms with Gasteiger partial charge in [0, 0.05) is 16.8 Å². The lowest BCUT2D eigenvalue weighted by molar-refractivity contribution is 0.295. The Morgan fingerprint density at radius 3 is 2.52 bits per heavy atom. The second kappa shape index (κ2) is 9.05. The van der Waals surface area contributed by atoms with E-state index in [2.05, 4.69) is 55.3 Å². The van der Waals surface area contributed by atoms with Crippen molar-refractivity contribution in [2.24, 2.45) is 0 Å². The van der Waals surface area contributed by atoms with Crippen LogP contribution < -0.4 is 10.1 Å². The van der Waals surface area contributed by atoms with Crippen LogP contribution in [0.4, 0.5) is 5.69 Å². The number of hydrogen-bond acceptors (Lipinski definition) is 4. The maximum Gasteiger partial charge on any atom is 0.145 e. The van der Waals surface area contributed by atoms with Crippen molar-refractivity contribution in [3.63, 3.8) is 0 Å². The van der Waals surface area contributed by atoms with E-state index >= 15 is 0 Å². The largest absolute Gasteiger partial charge is 0.494 e. The number of ether oxygens (including phenoxy) is 1. The van der Waals surface area contributed by atoms with E-state index in [0.717, 1.165) is 59.3 Å². The highest BCUT2D eigenvalue weighted by Crippen LogP contribution is 2.35. The number of para-hydroxylation sites is 2. The van der Waals surface area contributed by atoms with Gasteiger partial charge in [-0.05, 0) is 51.5 Å². The number of methoxy groups -OCH3 is 1. The molecule has 27 heavy (non-hydrogen) atoms. The highest BCUT2D eigenvalue weighted by atomic mass is 16.5. The average Bonchev–Trinajstić information content (AvgIpc) is 2.70. The number of nitrogens with one attached hydrogen (secondary N) is 1. The minimum atomic E-state index is 0.390. The fraction of sp³-hybridized carbons (Fsp3) is 0.435. The van der Waals surface area contributed by atoms with Crippen molar-refractivity contribution in [1.82, 2.24) is 9.88 Å². The summed E-state index contributed by atoms with van der Waals surface area (Å²) in [5.41, 5.74) is 3.06. The molecule has 144 valence electrons. The molecule has 0 amide bonds. The van der Waals surface area contributed by atoms with E-state index in [9.17, 15) is 0 Å². The Labute approximate surface area is 162 Å². The molecule has 0 aliphatic carbocycles. The number of fused-ring (bicyclic) bond motifs is 2. The van der Waals surface area contributed by atoms with E-state index in [-0.39, 0.29) is 0 Å². The zero-order valence-corrected chi connectivity index (χ0v) is 17.0. The number of hydrogen-bond donors (Lipinski definition) is 1. The minimum absolute atomic E-state index is 0.390. The molecule has 3 rings (SSSR count). The second-order valence-corrected chi connectivity index (χ2v) is 7.07. The number of rotatable bonds is 9. The molecule has 2 aromatic carbocycles. The van der Waals surface area contributed by atoms with Crippen LogP contribution in [0, 0.1) is 0 Å². The molecule has 0 aliphatic heterocycles. The number of aromatic nitrogens is 1. The van der Waals surface area contributed by atoms with Gasteiger partial charge in [-0.3, -0.25) is 0 Å². The van der Waals surface area contributed by atoms with Crippen molar-refractivity contribution in [2.45, 2.75) is 39.7 Å². The van der Waals surface area contributed by atoms with Crippen LogP contribution in [0.3, 0.4) is 0 Å². The molecule has 4 heteroatoms. The molecule has 0 aliphatic rings. The predicted octanol–water partition coefficient (Wildman–Crippen LogP) is 5.32. The molecule has 1 atom stereocenters. The third kappa shape index (κ3) is 4.33. The molecule has 1 heterocycles. The molecule has 0 bridgehead atoms. The van der Waals surface area contributed by atoms with Gasteiger partial charge in [0.25, 0.3) is 0 Å². The summed E-state index contributed by atoms with van der Waals surface area (Å²) in [5, 5.41) is 6.05. The SMILES string of the molecule is CCN(CC)CCCC(C)Nc1c2ccccc2nc2c(OC)cccc12. The maximum absolute atomic E-state index is 5.56.